The molecular formula is C24H27N5O3. The fourth-order valence-electron chi connectivity index (χ4n) is 4.58. The number of benzene rings is 1. The molecule has 3 aromatic rings. The summed E-state index contributed by atoms with van der Waals surface area (Å²) >= 11 is 0. The Kier molecular flexibility index (Phi) is 5.28. The molecular weight excluding hydrogens is 406 g/mol. The minimum absolute atomic E-state index is 0.207. The van der Waals surface area contributed by atoms with E-state index in [0.717, 1.165) is 48.4 Å². The number of carbonyl (C=O) groups excluding carboxylic acids is 1. The average molecular weight is 434 g/mol. The van der Waals surface area contributed by atoms with Crippen LogP contribution in [0.1, 0.15) is 42.3 Å². The van der Waals surface area contributed by atoms with Gasteiger partial charge in [0.25, 0.3) is 0 Å². The van der Waals surface area contributed by atoms with Crippen molar-refractivity contribution < 1.29 is 14.3 Å². The number of fused-ring (bicyclic) bond motifs is 1. The highest BCUT2D eigenvalue weighted by Gasteiger charge is 2.53. The van der Waals surface area contributed by atoms with Gasteiger partial charge in [0, 0.05) is 49.7 Å². The first kappa shape index (κ1) is 20.5. The Hall–Kier alpha value is -3.42. The molecule has 0 bridgehead atoms. The van der Waals surface area contributed by atoms with Crippen LogP contribution in [-0.4, -0.2) is 44.2 Å². The Morgan fingerprint density at radius 2 is 2.00 bits per heavy atom. The second kappa shape index (κ2) is 8.26. The van der Waals surface area contributed by atoms with E-state index in [9.17, 15) is 4.79 Å². The first-order valence-corrected chi connectivity index (χ1v) is 11.0. The number of amides is 1. The van der Waals surface area contributed by atoms with E-state index in [-0.39, 0.29) is 5.91 Å². The van der Waals surface area contributed by atoms with Gasteiger partial charge in [-0.15, -0.1) is 0 Å². The summed E-state index contributed by atoms with van der Waals surface area (Å²) in [6.45, 7) is 4.45. The van der Waals surface area contributed by atoms with E-state index in [1.54, 1.807) is 25.7 Å². The number of rotatable bonds is 7. The Labute approximate surface area is 187 Å². The zero-order chi connectivity index (χ0) is 22.1. The van der Waals surface area contributed by atoms with Crippen LogP contribution in [0.15, 0.2) is 42.9 Å². The molecule has 0 radical (unpaired) electrons. The van der Waals surface area contributed by atoms with E-state index >= 15 is 0 Å². The van der Waals surface area contributed by atoms with Crippen LogP contribution < -0.4 is 9.47 Å². The lowest BCUT2D eigenvalue weighted by Gasteiger charge is -2.31. The van der Waals surface area contributed by atoms with E-state index < -0.39 is 5.41 Å². The van der Waals surface area contributed by atoms with Gasteiger partial charge in [-0.05, 0) is 37.5 Å². The Balaban J connectivity index is 1.36. The van der Waals surface area contributed by atoms with Crippen molar-refractivity contribution >= 4 is 5.91 Å². The van der Waals surface area contributed by atoms with Gasteiger partial charge in [0.15, 0.2) is 0 Å². The summed E-state index contributed by atoms with van der Waals surface area (Å²) in [6.07, 6.45) is 7.37. The van der Waals surface area contributed by atoms with Gasteiger partial charge >= 0.3 is 0 Å². The predicted octanol–water partition coefficient (Wildman–Crippen LogP) is 2.90. The molecule has 1 aromatic carbocycles. The molecule has 3 heterocycles. The number of aromatic nitrogens is 4. The van der Waals surface area contributed by atoms with Crippen molar-refractivity contribution in [1.29, 1.82) is 0 Å². The summed E-state index contributed by atoms with van der Waals surface area (Å²) in [4.78, 5) is 23.8. The first-order valence-electron chi connectivity index (χ1n) is 11.0. The molecule has 0 spiro atoms. The summed E-state index contributed by atoms with van der Waals surface area (Å²) < 4.78 is 13.1. The van der Waals surface area contributed by atoms with Crippen LogP contribution in [0.3, 0.4) is 0 Å². The van der Waals surface area contributed by atoms with Crippen molar-refractivity contribution in [2.24, 2.45) is 0 Å². The molecule has 166 valence electrons. The van der Waals surface area contributed by atoms with Gasteiger partial charge < -0.3 is 14.4 Å². The van der Waals surface area contributed by atoms with E-state index in [2.05, 4.69) is 16.9 Å². The number of hydrogen-bond acceptors (Lipinski definition) is 6. The molecule has 0 atom stereocenters. The van der Waals surface area contributed by atoms with Crippen LogP contribution in [-0.2, 0) is 36.3 Å². The molecule has 8 heteroatoms. The molecule has 1 aliphatic carbocycles. The summed E-state index contributed by atoms with van der Waals surface area (Å²) in [5.74, 6) is 1.48. The lowest BCUT2D eigenvalue weighted by molar-refractivity contribution is -0.135. The molecule has 1 saturated carbocycles. The average Bonchev–Trinajstić information content (AvgIpc) is 3.59. The summed E-state index contributed by atoms with van der Waals surface area (Å²) in [7, 11) is 1.65. The third-order valence-electron chi connectivity index (χ3n) is 6.50. The summed E-state index contributed by atoms with van der Waals surface area (Å²) in [5, 5.41) is 4.77. The third kappa shape index (κ3) is 3.59. The molecule has 32 heavy (non-hydrogen) atoms. The van der Waals surface area contributed by atoms with Crippen molar-refractivity contribution in [2.45, 2.75) is 51.3 Å². The van der Waals surface area contributed by atoms with Crippen LogP contribution >= 0.6 is 0 Å². The first-order chi connectivity index (χ1) is 15.6. The fraction of sp³-hybridized carbons (Fsp3) is 0.417. The van der Waals surface area contributed by atoms with Gasteiger partial charge in [0.05, 0.1) is 18.7 Å². The molecule has 1 aliphatic heterocycles. The Bertz CT molecular complexity index is 1110. The van der Waals surface area contributed by atoms with Gasteiger partial charge in [-0.1, -0.05) is 12.1 Å². The maximum atomic E-state index is 13.6. The van der Waals surface area contributed by atoms with Crippen LogP contribution in [0, 0.1) is 0 Å². The molecule has 2 aromatic heterocycles. The van der Waals surface area contributed by atoms with Crippen LogP contribution in [0.4, 0.5) is 0 Å². The van der Waals surface area contributed by atoms with Crippen LogP contribution in [0.2, 0.25) is 0 Å². The van der Waals surface area contributed by atoms with Gasteiger partial charge in [0.2, 0.25) is 11.8 Å². The van der Waals surface area contributed by atoms with Crippen molar-refractivity contribution in [1.82, 2.24) is 24.6 Å². The molecule has 1 amide bonds. The quantitative estimate of drug-likeness (QED) is 0.570. The molecule has 2 aliphatic rings. The Morgan fingerprint density at radius 3 is 2.66 bits per heavy atom. The number of methoxy groups -OCH3 is 1. The van der Waals surface area contributed by atoms with Gasteiger partial charge in [0.1, 0.15) is 18.1 Å². The lowest BCUT2D eigenvalue weighted by atomic mass is 9.93. The number of carbonyl (C=O) groups is 1. The highest BCUT2D eigenvalue weighted by molar-refractivity contribution is 5.91. The van der Waals surface area contributed by atoms with Gasteiger partial charge in [-0.25, -0.2) is 4.98 Å². The zero-order valence-electron chi connectivity index (χ0n) is 18.5. The number of ether oxygens (including phenoxy) is 2. The third-order valence-corrected chi connectivity index (χ3v) is 6.50. The monoisotopic (exact) mass is 433 g/mol. The fourth-order valence-corrected chi connectivity index (χ4v) is 4.58. The largest absolute Gasteiger partial charge is 0.497 e. The van der Waals surface area contributed by atoms with Crippen LogP contribution in [0.25, 0.3) is 0 Å². The molecule has 0 unspecified atom stereocenters. The standard InChI is InChI=1S/C24H27N5O3/c1-3-29-21-8-13-28(15-19(21)20(27-29)16-32-22-14-25-11-12-26-22)23(30)24(9-10-24)17-4-6-18(31-2)7-5-17/h4-7,11-12,14H,3,8-10,13,15-16H2,1-2H3. The highest BCUT2D eigenvalue weighted by atomic mass is 16.5. The number of nitrogens with zero attached hydrogens (tertiary/aromatic N) is 5. The molecule has 0 saturated heterocycles. The maximum absolute atomic E-state index is 13.6. The second-order valence-electron chi connectivity index (χ2n) is 8.31. The predicted molar refractivity (Wildman–Crippen MR) is 117 cm³/mol. The summed E-state index contributed by atoms with van der Waals surface area (Å²) in [5.41, 5.74) is 3.83. The van der Waals surface area contributed by atoms with Crippen LogP contribution in [0.5, 0.6) is 11.6 Å². The normalized spacial score (nSPS) is 16.4. The van der Waals surface area contributed by atoms with Gasteiger partial charge in [-0.2, -0.15) is 5.10 Å². The lowest BCUT2D eigenvalue weighted by Crippen LogP contribution is -2.42. The van der Waals surface area contributed by atoms with E-state index in [1.165, 1.54) is 5.69 Å². The molecule has 1 fully saturated rings. The van der Waals surface area contributed by atoms with Crippen molar-refractivity contribution in [2.75, 3.05) is 13.7 Å². The van der Waals surface area contributed by atoms with Crippen molar-refractivity contribution in [3.63, 3.8) is 0 Å². The maximum Gasteiger partial charge on any atom is 0.233 e. The summed E-state index contributed by atoms with van der Waals surface area (Å²) in [6, 6.07) is 7.91. The minimum atomic E-state index is -0.402. The van der Waals surface area contributed by atoms with Crippen molar-refractivity contribution in [3.05, 3.63) is 65.4 Å². The minimum Gasteiger partial charge on any atom is -0.497 e. The molecule has 5 rings (SSSR count). The Morgan fingerprint density at radius 1 is 1.19 bits per heavy atom. The number of aryl methyl sites for hydroxylation is 1. The second-order valence-corrected chi connectivity index (χ2v) is 8.31. The molecule has 0 N–H and O–H groups in total. The SMILES string of the molecule is CCn1nc(COc2cnccn2)c2c1CCN(C(=O)C1(c3ccc(OC)cc3)CC1)C2. The van der Waals surface area contributed by atoms with Crippen molar-refractivity contribution in [3.8, 4) is 11.6 Å². The van der Waals surface area contributed by atoms with E-state index in [4.69, 9.17) is 14.6 Å². The van der Waals surface area contributed by atoms with E-state index in [0.29, 0.717) is 25.6 Å². The molecule has 8 nitrogen and oxygen atoms in total. The highest BCUT2D eigenvalue weighted by Crippen LogP contribution is 2.50. The smallest absolute Gasteiger partial charge is 0.233 e. The van der Waals surface area contributed by atoms with E-state index in [1.807, 2.05) is 33.8 Å². The number of hydrogen-bond donors (Lipinski definition) is 0. The van der Waals surface area contributed by atoms with Gasteiger partial charge in [-0.3, -0.25) is 14.5 Å². The topological polar surface area (TPSA) is 82.4 Å². The zero-order valence-corrected chi connectivity index (χ0v) is 18.5.